The van der Waals surface area contributed by atoms with Crippen molar-refractivity contribution in [2.75, 3.05) is 77.5 Å². The van der Waals surface area contributed by atoms with E-state index in [1.54, 1.807) is 113 Å². The highest BCUT2D eigenvalue weighted by Crippen LogP contribution is 2.25. The van der Waals surface area contributed by atoms with Crippen molar-refractivity contribution in [3.63, 3.8) is 0 Å². The van der Waals surface area contributed by atoms with Crippen molar-refractivity contribution in [2.45, 2.75) is 63.7 Å². The fourth-order valence-corrected chi connectivity index (χ4v) is 12.1. The predicted molar refractivity (Wildman–Crippen MR) is 397 cm³/mol. The molecule has 8 aromatic heterocycles. The molecule has 0 bridgehead atoms. The zero-order valence-electron chi connectivity index (χ0n) is 59.8. The number of hydrogen-bond donors (Lipinski definition) is 10. The number of ketones is 1. The number of benzene rings is 1. The van der Waals surface area contributed by atoms with Crippen LogP contribution in [-0.4, -0.2) is 157 Å². The first kappa shape index (κ1) is 76.9. The van der Waals surface area contributed by atoms with Gasteiger partial charge in [-0.25, -0.2) is 4.98 Å². The number of Topliss-reactive ketones (excluding diaryl/α,β-unsaturated/α-hetero) is 1. The van der Waals surface area contributed by atoms with Crippen LogP contribution in [0.1, 0.15) is 141 Å². The highest BCUT2D eigenvalue weighted by atomic mass is 32.2. The lowest BCUT2D eigenvalue weighted by molar-refractivity contribution is -0.123. The Balaban J connectivity index is 0.708. The van der Waals surface area contributed by atoms with Gasteiger partial charge in [-0.2, -0.15) is 0 Å². The molecule has 32 nitrogen and oxygen atoms in total. The van der Waals surface area contributed by atoms with Crippen molar-refractivity contribution in [2.24, 2.45) is 49.3 Å². The van der Waals surface area contributed by atoms with E-state index in [1.807, 2.05) is 49.3 Å². The van der Waals surface area contributed by atoms with Crippen molar-refractivity contribution in [3.05, 3.63) is 180 Å². The minimum Gasteiger partial charge on any atom is -0.356 e. The van der Waals surface area contributed by atoms with Crippen molar-refractivity contribution >= 4 is 122 Å². The molecule has 0 aliphatic carbocycles. The first-order valence-electron chi connectivity index (χ1n) is 33.7. The average molecular weight is 1460 g/mol. The summed E-state index contributed by atoms with van der Waals surface area (Å²) < 4.78 is 12.4. The molecular formula is C72H86N20O12S. The molecule has 10 amide bonds. The molecule has 0 atom stereocenters. The number of thioether (sulfide) groups is 1. The summed E-state index contributed by atoms with van der Waals surface area (Å²) in [5.41, 5.74) is 4.64. The van der Waals surface area contributed by atoms with E-state index in [9.17, 15) is 57.5 Å². The topological polar surface area (TPSA) is 381 Å². The van der Waals surface area contributed by atoms with Crippen LogP contribution in [-0.2, 0) is 80.8 Å². The Morgan fingerprint density at radius 2 is 0.800 bits per heavy atom. The summed E-state index contributed by atoms with van der Waals surface area (Å²) in [6.07, 6.45) is 16.1. The Hall–Kier alpha value is -12.3. The molecule has 0 spiro atoms. The molecule has 33 heteroatoms. The van der Waals surface area contributed by atoms with Gasteiger partial charge in [0.25, 0.3) is 47.3 Å². The smallest absolute Gasteiger partial charge is 0.291 e. The minimum atomic E-state index is -0.560. The molecule has 1 aromatic carbocycles. The third-order valence-corrected chi connectivity index (χ3v) is 17.7. The van der Waals surface area contributed by atoms with E-state index in [2.05, 4.69) is 58.2 Å². The van der Waals surface area contributed by atoms with Crippen LogP contribution in [0.2, 0.25) is 0 Å². The molecule has 0 aliphatic rings. The van der Waals surface area contributed by atoms with Gasteiger partial charge in [0.2, 0.25) is 11.8 Å². The summed E-state index contributed by atoms with van der Waals surface area (Å²) in [5, 5.41) is 27.9. The van der Waals surface area contributed by atoms with Crippen LogP contribution in [0.15, 0.2) is 129 Å². The van der Waals surface area contributed by atoms with Crippen LogP contribution in [0.25, 0.3) is 0 Å². The van der Waals surface area contributed by atoms with Gasteiger partial charge in [-0.1, -0.05) is 42.1 Å². The largest absolute Gasteiger partial charge is 0.356 e. The summed E-state index contributed by atoms with van der Waals surface area (Å²) in [6, 6.07) is 20.0. The Labute approximate surface area is 609 Å². The summed E-state index contributed by atoms with van der Waals surface area (Å²) in [4.78, 5) is 164. The number of anilines is 7. The molecule has 552 valence electrons. The zero-order valence-corrected chi connectivity index (χ0v) is 60.6. The van der Waals surface area contributed by atoms with Crippen molar-refractivity contribution in [3.8, 4) is 0 Å². The number of carbonyl (C=O) groups excluding carboxylic acids is 12. The van der Waals surface area contributed by atoms with Crippen molar-refractivity contribution in [1.82, 2.24) is 62.4 Å². The number of nitrogens with one attached hydrogen (secondary N) is 10. The number of aromatic nitrogens is 9. The number of rotatable bonds is 35. The maximum atomic E-state index is 13.9. The summed E-state index contributed by atoms with van der Waals surface area (Å²) in [6.45, 7) is 1.51. The van der Waals surface area contributed by atoms with Crippen molar-refractivity contribution < 1.29 is 57.5 Å². The van der Waals surface area contributed by atoms with E-state index in [0.29, 0.717) is 47.8 Å². The van der Waals surface area contributed by atoms with E-state index in [4.69, 9.17) is 0 Å². The first-order valence-corrected chi connectivity index (χ1v) is 34.7. The lowest BCUT2D eigenvalue weighted by atomic mass is 10.1. The van der Waals surface area contributed by atoms with E-state index < -0.39 is 47.3 Å². The molecule has 9 rings (SSSR count). The fraction of sp³-hybridized carbons (Fsp3) is 0.319. The van der Waals surface area contributed by atoms with Gasteiger partial charge in [0, 0.05) is 169 Å². The third-order valence-electron chi connectivity index (χ3n) is 16.7. The maximum absolute atomic E-state index is 13.9. The normalized spacial score (nSPS) is 11.1. The van der Waals surface area contributed by atoms with Gasteiger partial charge in [0.15, 0.2) is 10.9 Å². The Kier molecular flexibility index (Phi) is 26.0. The number of aryl methyl sites for hydroxylation is 8. The van der Waals surface area contributed by atoms with Crippen LogP contribution in [0.5, 0.6) is 0 Å². The quantitative estimate of drug-likeness (QED) is 0.0185. The summed E-state index contributed by atoms with van der Waals surface area (Å²) >= 11 is 1.16. The van der Waals surface area contributed by atoms with E-state index in [-0.39, 0.29) is 144 Å². The molecule has 105 heavy (non-hydrogen) atoms. The highest BCUT2D eigenvalue weighted by Gasteiger charge is 2.24. The van der Waals surface area contributed by atoms with Gasteiger partial charge in [-0.05, 0) is 87.9 Å². The monoisotopic (exact) mass is 1450 g/mol. The lowest BCUT2D eigenvalue weighted by Crippen LogP contribution is -2.29. The third kappa shape index (κ3) is 21.4. The number of hydrogen-bond acceptors (Lipinski definition) is 15. The second kappa shape index (κ2) is 35.6. The van der Waals surface area contributed by atoms with Crippen LogP contribution < -0.4 is 53.2 Å². The number of amides is 10. The van der Waals surface area contributed by atoms with Gasteiger partial charge in [-0.15, -0.1) is 0 Å². The van der Waals surface area contributed by atoms with Crippen LogP contribution >= 0.6 is 11.8 Å². The minimum absolute atomic E-state index is 0.0175. The number of nitrogens with zero attached hydrogens (tertiary/aromatic N) is 10. The standard InChI is InChI=1S/C72H86N20O12S/c1-84(2)27-14-18-53(93)22-25-76-66(98)60-36-52(43-92(60)28-15-24-73-61(94)20-21-63(96)105-44-45-16-11-10-12-17-45)82-71(103)58-34-50(41-90(58)8)80-69(101)57-32-48(39-89(57)7)79-67(99)55-30-46(37-87(55)5)77-62(95)19-13-23-75-65(97)54-31-47(38-86(54)4)78-68(100)56-33-49(40-88(56)6)81-70(102)59-35-51(42-91(59)9)83-72(104)64-74-26-29-85(64)3/h10-12,16-17,26,29-43H,13-15,18-25,27-28,44H2,1-9H3,(H,73,94)(H,75,97)(H,76,98)(H,77,95)(H,78,100)(H,79,99)(H,80,101)(H,81,102)(H,82,103)(H,83,104). The number of carbonyl (C=O) groups is 12. The molecule has 10 N–H and O–H groups in total. The van der Waals surface area contributed by atoms with Gasteiger partial charge < -0.3 is 94.6 Å². The Bertz CT molecular complexity index is 4730. The molecule has 0 radical (unpaired) electrons. The van der Waals surface area contributed by atoms with Gasteiger partial charge in [0.1, 0.15) is 45.6 Å². The molecule has 8 heterocycles. The van der Waals surface area contributed by atoms with Crippen LogP contribution in [0.3, 0.4) is 0 Å². The van der Waals surface area contributed by atoms with Gasteiger partial charge >= 0.3 is 0 Å². The molecule has 0 saturated heterocycles. The molecule has 0 unspecified atom stereocenters. The second-order valence-corrected chi connectivity index (χ2v) is 26.5. The van der Waals surface area contributed by atoms with E-state index >= 15 is 0 Å². The summed E-state index contributed by atoms with van der Waals surface area (Å²) in [5.74, 6) is -3.95. The molecule has 0 aliphatic heterocycles. The first-order chi connectivity index (χ1) is 50.1. The van der Waals surface area contributed by atoms with Crippen LogP contribution in [0, 0.1) is 0 Å². The molecule has 9 aromatic rings. The summed E-state index contributed by atoms with van der Waals surface area (Å²) in [7, 11) is 15.3. The zero-order chi connectivity index (χ0) is 75.6. The van der Waals surface area contributed by atoms with Gasteiger partial charge in [0.05, 0.1) is 39.8 Å². The van der Waals surface area contributed by atoms with E-state index in [1.165, 1.54) is 71.5 Å². The lowest BCUT2D eigenvalue weighted by Gasteiger charge is -2.11. The van der Waals surface area contributed by atoms with Crippen LogP contribution in [0.4, 0.5) is 39.8 Å². The van der Waals surface area contributed by atoms with Crippen molar-refractivity contribution in [1.29, 1.82) is 0 Å². The van der Waals surface area contributed by atoms with Gasteiger partial charge in [-0.3, -0.25) is 57.5 Å². The maximum Gasteiger partial charge on any atom is 0.291 e. The molecule has 0 fully saturated rings. The van der Waals surface area contributed by atoms with E-state index in [0.717, 1.165) is 23.9 Å². The molecular weight excluding hydrogens is 1370 g/mol. The fourth-order valence-electron chi connectivity index (χ4n) is 11.3. The SMILES string of the molecule is CN(C)CCCC(=O)CCNC(=O)c1cc(NC(=O)c2cc(NC(=O)c3cc(NC(=O)c4cc(NC(=O)CCCNC(=O)c5cc(NC(=O)c6cc(NC(=O)c7cc(NC(=O)c8nccn8C)cn7C)cn6C)cn5C)cn4C)cn3C)cn2C)cn1CCCNC(=O)CCC(=O)SCc1ccccc1. The Morgan fingerprint density at radius 3 is 1.26 bits per heavy atom. The molecule has 0 saturated carbocycles. The predicted octanol–water partition coefficient (Wildman–Crippen LogP) is 6.69. The number of imidazole rings is 1. The second-order valence-electron chi connectivity index (χ2n) is 25.5. The average Bonchev–Trinajstić information content (AvgIpc) is 1.68. The Morgan fingerprint density at radius 1 is 0.390 bits per heavy atom. The highest BCUT2D eigenvalue weighted by molar-refractivity contribution is 8.12.